The van der Waals surface area contributed by atoms with Crippen LogP contribution in [-0.2, 0) is 0 Å². The van der Waals surface area contributed by atoms with Gasteiger partial charge in [-0.3, -0.25) is 4.98 Å². The lowest BCUT2D eigenvalue weighted by Gasteiger charge is -2.15. The number of hydrogen-bond donors (Lipinski definition) is 1. The van der Waals surface area contributed by atoms with Gasteiger partial charge >= 0.3 is 0 Å². The molecule has 5 heteroatoms. The maximum atomic E-state index is 4.44. The van der Waals surface area contributed by atoms with E-state index in [0.717, 1.165) is 26.1 Å². The van der Waals surface area contributed by atoms with Crippen LogP contribution in [0.3, 0.4) is 0 Å². The third kappa shape index (κ3) is 2.55. The predicted molar refractivity (Wildman–Crippen MR) is 88.3 cm³/mol. The SMILES string of the molecule is Cc1cnc(C(C)Nc2ccnc3c(Br)cccc23)s1. The minimum atomic E-state index is 0.179. The van der Waals surface area contributed by atoms with Crippen molar-refractivity contribution in [3.8, 4) is 0 Å². The van der Waals surface area contributed by atoms with Crippen LogP contribution < -0.4 is 5.32 Å². The molecule has 3 nitrogen and oxygen atoms in total. The number of rotatable bonds is 3. The zero-order valence-corrected chi connectivity index (χ0v) is 13.6. The van der Waals surface area contributed by atoms with Gasteiger partial charge in [0.25, 0.3) is 0 Å². The normalized spacial score (nSPS) is 12.6. The largest absolute Gasteiger partial charge is 0.375 e. The van der Waals surface area contributed by atoms with Gasteiger partial charge in [0.2, 0.25) is 0 Å². The van der Waals surface area contributed by atoms with Crippen molar-refractivity contribution in [2.24, 2.45) is 0 Å². The highest BCUT2D eigenvalue weighted by Crippen LogP contribution is 2.30. The summed E-state index contributed by atoms with van der Waals surface area (Å²) < 4.78 is 1.01. The Balaban J connectivity index is 1.97. The summed E-state index contributed by atoms with van der Waals surface area (Å²) in [6.07, 6.45) is 3.74. The van der Waals surface area contributed by atoms with Gasteiger partial charge in [0.1, 0.15) is 5.01 Å². The molecule has 3 aromatic rings. The van der Waals surface area contributed by atoms with Crippen molar-refractivity contribution in [2.75, 3.05) is 5.32 Å². The first-order valence-corrected chi connectivity index (χ1v) is 7.98. The van der Waals surface area contributed by atoms with Gasteiger partial charge in [-0.2, -0.15) is 0 Å². The van der Waals surface area contributed by atoms with E-state index in [1.54, 1.807) is 11.3 Å². The van der Waals surface area contributed by atoms with Gasteiger partial charge in [-0.15, -0.1) is 11.3 Å². The molecule has 1 unspecified atom stereocenters. The lowest BCUT2D eigenvalue weighted by molar-refractivity contribution is 0.871. The van der Waals surface area contributed by atoms with E-state index in [-0.39, 0.29) is 6.04 Å². The van der Waals surface area contributed by atoms with E-state index >= 15 is 0 Å². The van der Waals surface area contributed by atoms with Crippen LogP contribution in [0, 0.1) is 6.92 Å². The van der Waals surface area contributed by atoms with E-state index in [2.05, 4.69) is 51.1 Å². The molecule has 0 radical (unpaired) electrons. The van der Waals surface area contributed by atoms with Crippen LogP contribution in [0.5, 0.6) is 0 Å². The van der Waals surface area contributed by atoms with Crippen molar-refractivity contribution in [1.29, 1.82) is 0 Å². The second-order valence-electron chi connectivity index (χ2n) is 4.67. The van der Waals surface area contributed by atoms with Gasteiger partial charge in [-0.05, 0) is 41.9 Å². The number of hydrogen-bond acceptors (Lipinski definition) is 4. The van der Waals surface area contributed by atoms with Crippen LogP contribution in [0.25, 0.3) is 10.9 Å². The van der Waals surface area contributed by atoms with Crippen LogP contribution in [0.1, 0.15) is 22.9 Å². The number of anilines is 1. The molecule has 0 spiro atoms. The summed E-state index contributed by atoms with van der Waals surface area (Å²) in [5.41, 5.74) is 2.05. The first-order chi connectivity index (χ1) is 9.65. The minimum Gasteiger partial charge on any atom is -0.375 e. The van der Waals surface area contributed by atoms with Crippen molar-refractivity contribution < 1.29 is 0 Å². The van der Waals surface area contributed by atoms with E-state index < -0.39 is 0 Å². The second-order valence-corrected chi connectivity index (χ2v) is 6.79. The molecule has 0 aliphatic carbocycles. The summed E-state index contributed by atoms with van der Waals surface area (Å²) in [5.74, 6) is 0. The molecule has 1 atom stereocenters. The fourth-order valence-electron chi connectivity index (χ4n) is 2.13. The topological polar surface area (TPSA) is 37.8 Å². The molecule has 2 aromatic heterocycles. The Hall–Kier alpha value is -1.46. The fourth-order valence-corrected chi connectivity index (χ4v) is 3.38. The lowest BCUT2D eigenvalue weighted by Crippen LogP contribution is -2.06. The maximum Gasteiger partial charge on any atom is 0.115 e. The van der Waals surface area contributed by atoms with Gasteiger partial charge in [0.15, 0.2) is 0 Å². The van der Waals surface area contributed by atoms with E-state index in [1.165, 1.54) is 4.88 Å². The van der Waals surface area contributed by atoms with Gasteiger partial charge in [-0.1, -0.05) is 12.1 Å². The number of aromatic nitrogens is 2. The molecular formula is C15H14BrN3S. The zero-order valence-electron chi connectivity index (χ0n) is 11.2. The van der Waals surface area contributed by atoms with Crippen LogP contribution >= 0.6 is 27.3 Å². The van der Waals surface area contributed by atoms with Crippen molar-refractivity contribution in [1.82, 2.24) is 9.97 Å². The second kappa shape index (κ2) is 5.50. The summed E-state index contributed by atoms with van der Waals surface area (Å²) in [6, 6.07) is 8.30. The molecule has 2 heterocycles. The maximum absolute atomic E-state index is 4.44. The van der Waals surface area contributed by atoms with Crippen LogP contribution in [0.4, 0.5) is 5.69 Å². The molecule has 1 N–H and O–H groups in total. The third-order valence-electron chi connectivity index (χ3n) is 3.10. The molecule has 0 amide bonds. The number of aryl methyl sites for hydroxylation is 1. The standard InChI is InChI=1S/C15H14BrN3S/c1-9-8-18-15(20-9)10(2)19-13-6-7-17-14-11(13)4-3-5-12(14)16/h3-8,10H,1-2H3,(H,17,19). The Kier molecular flexibility index (Phi) is 3.72. The number of thiazole rings is 1. The Labute approximate surface area is 130 Å². The Morgan fingerprint density at radius 1 is 1.25 bits per heavy atom. The number of pyridine rings is 1. The number of fused-ring (bicyclic) bond motifs is 1. The number of para-hydroxylation sites is 1. The molecule has 0 saturated heterocycles. The summed E-state index contributed by atoms with van der Waals surface area (Å²) in [6.45, 7) is 4.20. The number of nitrogens with one attached hydrogen (secondary N) is 1. The molecule has 0 aliphatic heterocycles. The molecule has 0 bridgehead atoms. The number of halogens is 1. The minimum absolute atomic E-state index is 0.179. The average Bonchev–Trinajstić information content (AvgIpc) is 2.87. The Morgan fingerprint density at radius 2 is 2.10 bits per heavy atom. The van der Waals surface area contributed by atoms with E-state index in [9.17, 15) is 0 Å². The predicted octanol–water partition coefficient (Wildman–Crippen LogP) is 4.94. The van der Waals surface area contributed by atoms with Gasteiger partial charge in [0.05, 0.1) is 11.6 Å². The first-order valence-electron chi connectivity index (χ1n) is 6.37. The molecule has 3 rings (SSSR count). The summed E-state index contributed by atoms with van der Waals surface area (Å²) in [5, 5.41) is 5.74. The molecule has 0 fully saturated rings. The lowest BCUT2D eigenvalue weighted by atomic mass is 10.2. The van der Waals surface area contributed by atoms with Crippen molar-refractivity contribution in [2.45, 2.75) is 19.9 Å². The molecule has 102 valence electrons. The van der Waals surface area contributed by atoms with Gasteiger partial charge in [-0.25, -0.2) is 4.98 Å². The van der Waals surface area contributed by atoms with E-state index in [4.69, 9.17) is 0 Å². The van der Waals surface area contributed by atoms with Crippen LogP contribution in [0.2, 0.25) is 0 Å². The van der Waals surface area contributed by atoms with E-state index in [0.29, 0.717) is 0 Å². The van der Waals surface area contributed by atoms with Crippen LogP contribution in [-0.4, -0.2) is 9.97 Å². The molecule has 20 heavy (non-hydrogen) atoms. The number of benzene rings is 1. The summed E-state index contributed by atoms with van der Waals surface area (Å²) in [7, 11) is 0. The Bertz CT molecular complexity index is 754. The van der Waals surface area contributed by atoms with Gasteiger partial charge in [0, 0.05) is 32.8 Å². The highest BCUT2D eigenvalue weighted by molar-refractivity contribution is 9.10. The van der Waals surface area contributed by atoms with Crippen LogP contribution in [0.15, 0.2) is 41.1 Å². The zero-order chi connectivity index (χ0) is 14.1. The summed E-state index contributed by atoms with van der Waals surface area (Å²) in [4.78, 5) is 10.1. The molecule has 1 aromatic carbocycles. The highest BCUT2D eigenvalue weighted by atomic mass is 79.9. The monoisotopic (exact) mass is 347 g/mol. The van der Waals surface area contributed by atoms with Crippen molar-refractivity contribution in [3.63, 3.8) is 0 Å². The molecular weight excluding hydrogens is 334 g/mol. The number of nitrogens with zero attached hydrogens (tertiary/aromatic N) is 2. The van der Waals surface area contributed by atoms with Crippen molar-refractivity contribution in [3.05, 3.63) is 51.0 Å². The average molecular weight is 348 g/mol. The molecule has 0 saturated carbocycles. The fraction of sp³-hybridized carbons (Fsp3) is 0.200. The molecule has 0 aliphatic rings. The Morgan fingerprint density at radius 3 is 2.85 bits per heavy atom. The van der Waals surface area contributed by atoms with E-state index in [1.807, 2.05) is 30.6 Å². The first kappa shape index (κ1) is 13.5. The van der Waals surface area contributed by atoms with Crippen molar-refractivity contribution >= 4 is 43.9 Å². The van der Waals surface area contributed by atoms with Gasteiger partial charge < -0.3 is 5.32 Å². The third-order valence-corrected chi connectivity index (χ3v) is 4.84. The smallest absolute Gasteiger partial charge is 0.115 e. The summed E-state index contributed by atoms with van der Waals surface area (Å²) >= 11 is 5.27. The quantitative estimate of drug-likeness (QED) is 0.729. The highest BCUT2D eigenvalue weighted by Gasteiger charge is 2.11.